The molecule has 1 unspecified atom stereocenters. The minimum absolute atomic E-state index is 0.0623. The Hall–Kier alpha value is -2.97. The van der Waals surface area contributed by atoms with Crippen LogP contribution in [0.3, 0.4) is 0 Å². The topological polar surface area (TPSA) is 34.1 Å². The summed E-state index contributed by atoms with van der Waals surface area (Å²) in [6.45, 7) is 0. The van der Waals surface area contributed by atoms with Crippen LogP contribution in [0.15, 0.2) is 66.7 Å². The van der Waals surface area contributed by atoms with E-state index < -0.39 is 0 Å². The number of halogens is 1. The Labute approximate surface area is 160 Å². The molecule has 27 heavy (non-hydrogen) atoms. The maximum Gasteiger partial charge on any atom is 0.182 e. The van der Waals surface area contributed by atoms with Gasteiger partial charge in [-0.3, -0.25) is 9.59 Å². The Bertz CT molecular complexity index is 1340. The van der Waals surface area contributed by atoms with Gasteiger partial charge >= 0.3 is 0 Å². The molecule has 0 N–H and O–H groups in total. The molecule has 2 aliphatic carbocycles. The number of fused-ring (bicyclic) bond motifs is 4. The smallest absolute Gasteiger partial charge is 0.182 e. The molecule has 0 spiro atoms. The van der Waals surface area contributed by atoms with Crippen LogP contribution in [0, 0.1) is 10.4 Å². The lowest BCUT2D eigenvalue weighted by atomic mass is 9.79. The number of carbonyl (C=O) groups is 2. The van der Waals surface area contributed by atoms with E-state index in [2.05, 4.69) is 30.3 Å². The van der Waals surface area contributed by atoms with Crippen molar-refractivity contribution in [3.05, 3.63) is 104 Å². The Morgan fingerprint density at radius 2 is 1.44 bits per heavy atom. The molecular weight excluding hydrogens is 356 g/mol. The van der Waals surface area contributed by atoms with Gasteiger partial charge in [0.15, 0.2) is 11.6 Å². The first-order valence-corrected chi connectivity index (χ1v) is 9.28. The SMILES string of the molecule is O=C1CC(=O)c2c3c(ccc2=C1Cl)=c1ccccc1=CC3c1ccccc1. The zero-order chi connectivity index (χ0) is 18.5. The number of carbonyl (C=O) groups excluding carboxylic acids is 2. The largest absolute Gasteiger partial charge is 0.294 e. The number of rotatable bonds is 1. The van der Waals surface area contributed by atoms with Gasteiger partial charge < -0.3 is 0 Å². The highest BCUT2D eigenvalue weighted by Crippen LogP contribution is 2.32. The summed E-state index contributed by atoms with van der Waals surface area (Å²) in [5.74, 6) is -0.511. The van der Waals surface area contributed by atoms with Crippen molar-refractivity contribution in [3.63, 3.8) is 0 Å². The van der Waals surface area contributed by atoms with Gasteiger partial charge in [-0.25, -0.2) is 0 Å². The van der Waals surface area contributed by atoms with Crippen LogP contribution >= 0.6 is 11.6 Å². The molecular formula is C24H15ClO2. The van der Waals surface area contributed by atoms with E-state index in [0.717, 1.165) is 26.8 Å². The summed E-state index contributed by atoms with van der Waals surface area (Å²) in [6.07, 6.45) is 2.04. The minimum atomic E-state index is -0.300. The number of Topliss-reactive ketones (excluding diaryl/α,β-unsaturated/α-hetero) is 2. The van der Waals surface area contributed by atoms with Crippen LogP contribution in [-0.2, 0) is 4.79 Å². The second-order valence-corrected chi connectivity index (χ2v) is 7.31. The van der Waals surface area contributed by atoms with Crippen molar-refractivity contribution in [1.29, 1.82) is 0 Å². The molecule has 3 heteroatoms. The van der Waals surface area contributed by atoms with E-state index in [0.29, 0.717) is 10.8 Å². The fraction of sp³-hybridized carbons (Fsp3) is 0.0833. The Balaban J connectivity index is 2.02. The van der Waals surface area contributed by atoms with Gasteiger partial charge in [0.1, 0.15) is 0 Å². The molecule has 0 radical (unpaired) electrons. The van der Waals surface area contributed by atoms with E-state index in [9.17, 15) is 9.59 Å². The van der Waals surface area contributed by atoms with Crippen LogP contribution < -0.4 is 10.4 Å². The molecule has 0 aromatic heterocycles. The van der Waals surface area contributed by atoms with Crippen LogP contribution in [0.1, 0.15) is 33.8 Å². The summed E-state index contributed by atoms with van der Waals surface area (Å²) in [5.41, 5.74) is 2.66. The van der Waals surface area contributed by atoms with E-state index in [4.69, 9.17) is 11.6 Å². The van der Waals surface area contributed by atoms with Crippen LogP contribution in [0.25, 0.3) is 11.1 Å². The molecule has 2 aliphatic rings. The summed E-state index contributed by atoms with van der Waals surface area (Å²) in [4.78, 5) is 25.0. The molecule has 5 rings (SSSR count). The van der Waals surface area contributed by atoms with Gasteiger partial charge in [-0.05, 0) is 26.8 Å². The average molecular weight is 371 g/mol. The van der Waals surface area contributed by atoms with Gasteiger partial charge in [0, 0.05) is 16.7 Å². The fourth-order valence-corrected chi connectivity index (χ4v) is 4.42. The zero-order valence-electron chi connectivity index (χ0n) is 14.4. The third kappa shape index (κ3) is 2.41. The first-order chi connectivity index (χ1) is 13.1. The molecule has 3 aromatic rings. The maximum absolute atomic E-state index is 12.9. The van der Waals surface area contributed by atoms with Crippen LogP contribution in [0.2, 0.25) is 0 Å². The van der Waals surface area contributed by atoms with E-state index in [1.165, 1.54) is 0 Å². The molecule has 0 heterocycles. The highest BCUT2D eigenvalue weighted by atomic mass is 35.5. The predicted molar refractivity (Wildman–Crippen MR) is 106 cm³/mol. The van der Waals surface area contributed by atoms with Crippen molar-refractivity contribution >= 4 is 34.3 Å². The van der Waals surface area contributed by atoms with Gasteiger partial charge in [0.05, 0.1) is 11.5 Å². The lowest BCUT2D eigenvalue weighted by molar-refractivity contribution is -0.112. The van der Waals surface area contributed by atoms with E-state index in [1.54, 1.807) is 0 Å². The highest BCUT2D eigenvalue weighted by molar-refractivity contribution is 6.62. The molecule has 0 saturated heterocycles. The van der Waals surface area contributed by atoms with Crippen molar-refractivity contribution in [1.82, 2.24) is 0 Å². The number of hydrogen-bond donors (Lipinski definition) is 0. The second kappa shape index (κ2) is 6.04. The van der Waals surface area contributed by atoms with Crippen molar-refractivity contribution in [2.45, 2.75) is 12.3 Å². The molecule has 1 atom stereocenters. The van der Waals surface area contributed by atoms with Crippen molar-refractivity contribution in [3.8, 4) is 0 Å². The van der Waals surface area contributed by atoms with Gasteiger partial charge in [-0.15, -0.1) is 0 Å². The monoisotopic (exact) mass is 370 g/mol. The first-order valence-electron chi connectivity index (χ1n) is 8.90. The number of hydrogen-bond acceptors (Lipinski definition) is 2. The van der Waals surface area contributed by atoms with Gasteiger partial charge in [-0.2, -0.15) is 0 Å². The van der Waals surface area contributed by atoms with Crippen molar-refractivity contribution in [2.75, 3.05) is 0 Å². The standard InChI is InChI=1S/C24H15ClO2/c25-24-18-11-10-17-16-9-5-4-8-15(16)12-19(14-6-2-1-3-7-14)22(17)23(18)20(26)13-21(24)27/h1-12,19H,13H2. The first kappa shape index (κ1) is 16.2. The minimum Gasteiger partial charge on any atom is -0.294 e. The molecule has 3 aromatic carbocycles. The van der Waals surface area contributed by atoms with Gasteiger partial charge in [-0.1, -0.05) is 84.4 Å². The zero-order valence-corrected chi connectivity index (χ0v) is 15.2. The summed E-state index contributed by atoms with van der Waals surface area (Å²) in [7, 11) is 0. The van der Waals surface area contributed by atoms with Crippen molar-refractivity contribution < 1.29 is 9.59 Å². The number of benzene rings is 3. The molecule has 0 saturated carbocycles. The molecule has 0 aliphatic heterocycles. The van der Waals surface area contributed by atoms with Crippen LogP contribution in [0.4, 0.5) is 0 Å². The quantitative estimate of drug-likeness (QED) is 0.615. The maximum atomic E-state index is 12.9. The molecule has 130 valence electrons. The Kier molecular flexibility index (Phi) is 3.63. The normalized spacial score (nSPS) is 17.7. The van der Waals surface area contributed by atoms with Crippen LogP contribution in [-0.4, -0.2) is 11.6 Å². The average Bonchev–Trinajstić information content (AvgIpc) is 2.71. The fourth-order valence-electron chi connectivity index (χ4n) is 4.20. The number of ketones is 2. The van der Waals surface area contributed by atoms with Gasteiger partial charge in [0.2, 0.25) is 0 Å². The highest BCUT2D eigenvalue weighted by Gasteiger charge is 2.30. The lowest BCUT2D eigenvalue weighted by Gasteiger charge is -2.23. The summed E-state index contributed by atoms with van der Waals surface area (Å²) in [6, 6.07) is 22.1. The third-order valence-corrected chi connectivity index (χ3v) is 5.81. The summed E-state index contributed by atoms with van der Waals surface area (Å²) < 4.78 is 0. The molecule has 0 bridgehead atoms. The summed E-state index contributed by atoms with van der Waals surface area (Å²) in [5, 5.41) is 4.01. The second-order valence-electron chi connectivity index (χ2n) is 6.93. The van der Waals surface area contributed by atoms with Crippen LogP contribution in [0.5, 0.6) is 0 Å². The van der Waals surface area contributed by atoms with E-state index >= 15 is 0 Å². The molecule has 0 amide bonds. The van der Waals surface area contributed by atoms with E-state index in [-0.39, 0.29) is 28.9 Å². The Morgan fingerprint density at radius 1 is 0.741 bits per heavy atom. The Morgan fingerprint density at radius 3 is 2.26 bits per heavy atom. The third-order valence-electron chi connectivity index (χ3n) is 5.39. The molecule has 0 fully saturated rings. The van der Waals surface area contributed by atoms with Crippen molar-refractivity contribution in [2.24, 2.45) is 0 Å². The lowest BCUT2D eigenvalue weighted by Crippen LogP contribution is -2.31. The van der Waals surface area contributed by atoms with E-state index in [1.807, 2.05) is 42.5 Å². The van der Waals surface area contributed by atoms with Gasteiger partial charge in [0.25, 0.3) is 0 Å². The predicted octanol–water partition coefficient (Wildman–Crippen LogP) is 3.40. The molecule has 2 nitrogen and oxygen atoms in total. The summed E-state index contributed by atoms with van der Waals surface area (Å²) >= 11 is 6.30.